The Kier molecular flexibility index (Phi) is 9.79. The molecule has 186 valence electrons. The first-order chi connectivity index (χ1) is 15.8. The van der Waals surface area contributed by atoms with Gasteiger partial charge in [0.2, 0.25) is 21.8 Å². The second-order valence-electron chi connectivity index (χ2n) is 8.34. The molecule has 7 nitrogen and oxygen atoms in total. The summed E-state index contributed by atoms with van der Waals surface area (Å²) in [7, 11) is -3.82. The van der Waals surface area contributed by atoms with Gasteiger partial charge >= 0.3 is 0 Å². The van der Waals surface area contributed by atoms with E-state index in [0.717, 1.165) is 22.5 Å². The van der Waals surface area contributed by atoms with E-state index in [4.69, 9.17) is 23.2 Å². The molecular weight excluding hydrogens is 497 g/mol. The van der Waals surface area contributed by atoms with E-state index in [1.54, 1.807) is 50.2 Å². The van der Waals surface area contributed by atoms with Crippen molar-refractivity contribution in [2.75, 3.05) is 17.1 Å². The molecule has 10 heteroatoms. The molecule has 0 bridgehead atoms. The minimum atomic E-state index is -3.82. The Morgan fingerprint density at radius 3 is 2.18 bits per heavy atom. The highest BCUT2D eigenvalue weighted by Crippen LogP contribution is 2.27. The number of hydrogen-bond acceptors (Lipinski definition) is 4. The van der Waals surface area contributed by atoms with Gasteiger partial charge in [0.1, 0.15) is 12.6 Å². The lowest BCUT2D eigenvalue weighted by Gasteiger charge is -2.32. The third kappa shape index (κ3) is 7.61. The molecule has 0 fully saturated rings. The van der Waals surface area contributed by atoms with Gasteiger partial charge in [0.05, 0.1) is 11.9 Å². The van der Waals surface area contributed by atoms with E-state index >= 15 is 0 Å². The topological polar surface area (TPSA) is 86.8 Å². The van der Waals surface area contributed by atoms with E-state index in [9.17, 15) is 18.0 Å². The van der Waals surface area contributed by atoms with Crippen LogP contribution in [0.3, 0.4) is 0 Å². The number of aryl methyl sites for hydroxylation is 1. The van der Waals surface area contributed by atoms with Gasteiger partial charge in [0.25, 0.3) is 0 Å². The zero-order valence-corrected chi connectivity index (χ0v) is 22.3. The molecule has 2 aromatic rings. The minimum Gasteiger partial charge on any atom is -0.352 e. The van der Waals surface area contributed by atoms with Crippen LogP contribution in [0.2, 0.25) is 10.0 Å². The van der Waals surface area contributed by atoms with Crippen molar-refractivity contribution in [1.29, 1.82) is 0 Å². The molecule has 0 spiro atoms. The first kappa shape index (κ1) is 28.0. The van der Waals surface area contributed by atoms with Crippen LogP contribution in [0.4, 0.5) is 5.69 Å². The lowest BCUT2D eigenvalue weighted by molar-refractivity contribution is -0.139. The Labute approximate surface area is 212 Å². The maximum absolute atomic E-state index is 13.5. The number of hydrogen-bond donors (Lipinski definition) is 1. The summed E-state index contributed by atoms with van der Waals surface area (Å²) in [5.74, 6) is -0.840. The fraction of sp³-hybridized carbons (Fsp3) is 0.417. The van der Waals surface area contributed by atoms with Gasteiger partial charge in [-0.05, 0) is 62.6 Å². The second-order valence-corrected chi connectivity index (χ2v) is 11.1. The summed E-state index contributed by atoms with van der Waals surface area (Å²) in [6.45, 7) is 6.82. The summed E-state index contributed by atoms with van der Waals surface area (Å²) in [5.41, 5.74) is 1.71. The molecule has 2 rings (SSSR count). The number of sulfonamides is 1. The fourth-order valence-electron chi connectivity index (χ4n) is 3.28. The first-order valence-corrected chi connectivity index (χ1v) is 13.5. The van der Waals surface area contributed by atoms with Crippen LogP contribution < -0.4 is 9.62 Å². The third-order valence-corrected chi connectivity index (χ3v) is 7.17. The van der Waals surface area contributed by atoms with Crippen LogP contribution in [-0.4, -0.2) is 50.0 Å². The molecule has 0 radical (unpaired) electrons. The molecule has 0 aliphatic carbocycles. The van der Waals surface area contributed by atoms with Crippen LogP contribution in [0.25, 0.3) is 0 Å². The monoisotopic (exact) mass is 527 g/mol. The number of carbonyl (C=O) groups excluding carboxylic acids is 2. The Hall–Kier alpha value is -2.29. The molecule has 0 unspecified atom stereocenters. The van der Waals surface area contributed by atoms with Crippen molar-refractivity contribution in [3.63, 3.8) is 0 Å². The third-order valence-electron chi connectivity index (χ3n) is 5.55. The maximum atomic E-state index is 13.5. The average Bonchev–Trinajstić information content (AvgIpc) is 2.77. The zero-order chi connectivity index (χ0) is 25.6. The normalized spacial score (nSPS) is 13.1. The Balaban J connectivity index is 2.42. The number of nitrogens with zero attached hydrogens (tertiary/aromatic N) is 2. The summed E-state index contributed by atoms with van der Waals surface area (Å²) in [6, 6.07) is 10.9. The molecule has 0 saturated carbocycles. The van der Waals surface area contributed by atoms with Gasteiger partial charge in [-0.25, -0.2) is 8.42 Å². The molecule has 1 N–H and O–H groups in total. The smallest absolute Gasteiger partial charge is 0.244 e. The minimum absolute atomic E-state index is 0.0657. The van der Waals surface area contributed by atoms with Crippen LogP contribution in [0.1, 0.15) is 38.3 Å². The predicted octanol–water partition coefficient (Wildman–Crippen LogP) is 4.40. The number of halogens is 2. The molecule has 2 amide bonds. The molecule has 2 atom stereocenters. The maximum Gasteiger partial charge on any atom is 0.244 e. The zero-order valence-electron chi connectivity index (χ0n) is 20.0. The average molecular weight is 529 g/mol. The molecule has 34 heavy (non-hydrogen) atoms. The summed E-state index contributed by atoms with van der Waals surface area (Å²) in [5, 5.41) is 3.78. The number of carbonyl (C=O) groups is 2. The summed E-state index contributed by atoms with van der Waals surface area (Å²) >= 11 is 12.1. The highest BCUT2D eigenvalue weighted by Gasteiger charge is 2.31. The molecule has 0 heterocycles. The Morgan fingerprint density at radius 2 is 1.62 bits per heavy atom. The van der Waals surface area contributed by atoms with Crippen LogP contribution in [-0.2, 0) is 26.2 Å². The van der Waals surface area contributed by atoms with Gasteiger partial charge in [-0.15, -0.1) is 0 Å². The van der Waals surface area contributed by atoms with Gasteiger partial charge in [-0.3, -0.25) is 13.9 Å². The largest absolute Gasteiger partial charge is 0.352 e. The number of benzene rings is 2. The highest BCUT2D eigenvalue weighted by atomic mass is 35.5. The summed E-state index contributed by atoms with van der Waals surface area (Å²) in [4.78, 5) is 27.8. The van der Waals surface area contributed by atoms with E-state index < -0.39 is 28.5 Å². The molecule has 0 saturated heterocycles. The molecular formula is C24H31Cl2N3O4S. The first-order valence-electron chi connectivity index (χ1n) is 10.9. The van der Waals surface area contributed by atoms with Crippen LogP contribution >= 0.6 is 23.2 Å². The summed E-state index contributed by atoms with van der Waals surface area (Å²) in [6.07, 6.45) is 1.77. The van der Waals surface area contributed by atoms with Crippen molar-refractivity contribution >= 4 is 50.7 Å². The number of nitrogens with one attached hydrogen (secondary N) is 1. The second kappa shape index (κ2) is 11.9. The van der Waals surface area contributed by atoms with Gasteiger partial charge in [-0.2, -0.15) is 0 Å². The van der Waals surface area contributed by atoms with Gasteiger partial charge in [-0.1, -0.05) is 48.3 Å². The lowest BCUT2D eigenvalue weighted by Crippen LogP contribution is -2.52. The Bertz CT molecular complexity index is 1120. The van der Waals surface area contributed by atoms with Crippen LogP contribution in [0, 0.1) is 6.92 Å². The van der Waals surface area contributed by atoms with Crippen molar-refractivity contribution in [2.45, 2.75) is 52.7 Å². The van der Waals surface area contributed by atoms with Gasteiger partial charge in [0, 0.05) is 22.6 Å². The van der Waals surface area contributed by atoms with E-state index in [1.165, 1.54) is 11.0 Å². The van der Waals surface area contributed by atoms with E-state index in [1.807, 2.05) is 13.8 Å². The number of anilines is 1. The van der Waals surface area contributed by atoms with Crippen molar-refractivity contribution in [1.82, 2.24) is 10.2 Å². The summed E-state index contributed by atoms with van der Waals surface area (Å²) < 4.78 is 26.3. The van der Waals surface area contributed by atoms with Gasteiger partial charge < -0.3 is 10.2 Å². The molecule has 2 aromatic carbocycles. The SMILES string of the molecule is CC[C@H](C)NC(=O)[C@H](C)N(Cc1ccc(Cl)cc1)C(=O)CN(c1cc(Cl)ccc1C)S(C)(=O)=O. The van der Waals surface area contributed by atoms with Crippen LogP contribution in [0.15, 0.2) is 42.5 Å². The Morgan fingerprint density at radius 1 is 1.03 bits per heavy atom. The van der Waals surface area contributed by atoms with E-state index in [0.29, 0.717) is 21.3 Å². The fourth-order valence-corrected chi connectivity index (χ4v) is 4.47. The van der Waals surface area contributed by atoms with Gasteiger partial charge in [0.15, 0.2) is 0 Å². The van der Waals surface area contributed by atoms with E-state index in [2.05, 4.69) is 5.32 Å². The standard InChI is InChI=1S/C24H31Cl2N3O4S/c1-6-17(3)27-24(31)18(4)28(14-19-8-11-20(25)12-9-19)23(30)15-29(34(5,32)33)22-13-21(26)10-7-16(22)2/h7-13,17-18H,6,14-15H2,1-5H3,(H,27,31)/t17-,18-/m0/s1. The van der Waals surface area contributed by atoms with Crippen LogP contribution in [0.5, 0.6) is 0 Å². The quantitative estimate of drug-likeness (QED) is 0.495. The highest BCUT2D eigenvalue weighted by molar-refractivity contribution is 7.92. The lowest BCUT2D eigenvalue weighted by atomic mass is 10.1. The predicted molar refractivity (Wildman–Crippen MR) is 138 cm³/mol. The van der Waals surface area contributed by atoms with Crippen molar-refractivity contribution in [3.05, 3.63) is 63.6 Å². The number of rotatable bonds is 10. The van der Waals surface area contributed by atoms with Crippen molar-refractivity contribution in [3.8, 4) is 0 Å². The molecule has 0 aliphatic heterocycles. The van der Waals surface area contributed by atoms with E-state index in [-0.39, 0.29) is 18.5 Å². The van der Waals surface area contributed by atoms with Crippen molar-refractivity contribution in [2.24, 2.45) is 0 Å². The van der Waals surface area contributed by atoms with Crippen molar-refractivity contribution < 1.29 is 18.0 Å². The molecule has 0 aromatic heterocycles. The molecule has 0 aliphatic rings. The number of amides is 2.